The molecule has 0 heterocycles. The average molecular weight is 366 g/mol. The standard InChI is InChI=1S/C18H20ClNO3S/c1-13-16(19)8-5-9-17(13)24(22,23)20-12-18(21,15-10-11-15)14-6-3-2-4-7-14/h2-9,15,20-21H,10-12H2,1H3/t18-/m1/s1. The smallest absolute Gasteiger partial charge is 0.240 e. The van der Waals surface area contributed by atoms with E-state index in [4.69, 9.17) is 11.6 Å². The van der Waals surface area contributed by atoms with Crippen LogP contribution in [0.5, 0.6) is 0 Å². The molecule has 6 heteroatoms. The lowest BCUT2D eigenvalue weighted by atomic mass is 9.89. The van der Waals surface area contributed by atoms with Crippen LogP contribution in [0.25, 0.3) is 0 Å². The molecule has 0 bridgehead atoms. The van der Waals surface area contributed by atoms with Gasteiger partial charge in [-0.05, 0) is 48.9 Å². The van der Waals surface area contributed by atoms with Gasteiger partial charge in [-0.3, -0.25) is 0 Å². The predicted molar refractivity (Wildman–Crippen MR) is 94.4 cm³/mol. The topological polar surface area (TPSA) is 66.4 Å². The molecule has 1 fully saturated rings. The first kappa shape index (κ1) is 17.4. The van der Waals surface area contributed by atoms with E-state index in [1.807, 2.05) is 30.3 Å². The molecule has 3 rings (SSSR count). The van der Waals surface area contributed by atoms with Crippen LogP contribution in [0.3, 0.4) is 0 Å². The Hall–Kier alpha value is -1.40. The van der Waals surface area contributed by atoms with Crippen LogP contribution >= 0.6 is 11.6 Å². The summed E-state index contributed by atoms with van der Waals surface area (Å²) in [5.41, 5.74) is 0.0419. The Balaban J connectivity index is 1.86. The maximum Gasteiger partial charge on any atom is 0.240 e. The van der Waals surface area contributed by atoms with Crippen LogP contribution < -0.4 is 4.72 Å². The summed E-state index contributed by atoms with van der Waals surface area (Å²) in [5.74, 6) is 0.0723. The van der Waals surface area contributed by atoms with Crippen molar-refractivity contribution in [2.75, 3.05) is 6.54 Å². The van der Waals surface area contributed by atoms with Gasteiger partial charge in [-0.2, -0.15) is 0 Å². The van der Waals surface area contributed by atoms with Crippen molar-refractivity contribution in [2.45, 2.75) is 30.3 Å². The van der Waals surface area contributed by atoms with Crippen LogP contribution in [0.1, 0.15) is 24.0 Å². The number of rotatable bonds is 6. The van der Waals surface area contributed by atoms with E-state index in [1.165, 1.54) is 6.07 Å². The molecule has 4 nitrogen and oxygen atoms in total. The Kier molecular flexibility index (Phi) is 4.71. The predicted octanol–water partition coefficient (Wildman–Crippen LogP) is 3.22. The van der Waals surface area contributed by atoms with Gasteiger partial charge in [0.2, 0.25) is 10.0 Å². The van der Waals surface area contributed by atoms with Crippen molar-refractivity contribution >= 4 is 21.6 Å². The molecule has 0 radical (unpaired) electrons. The number of hydrogen-bond donors (Lipinski definition) is 2. The number of halogens is 1. The summed E-state index contributed by atoms with van der Waals surface area (Å²) in [4.78, 5) is 0.140. The Morgan fingerprint density at radius 1 is 1.17 bits per heavy atom. The summed E-state index contributed by atoms with van der Waals surface area (Å²) < 4.78 is 27.9. The van der Waals surface area contributed by atoms with E-state index in [0.717, 1.165) is 18.4 Å². The molecule has 2 aromatic rings. The highest BCUT2D eigenvalue weighted by molar-refractivity contribution is 7.89. The van der Waals surface area contributed by atoms with Gasteiger partial charge in [-0.15, -0.1) is 0 Å². The van der Waals surface area contributed by atoms with E-state index in [-0.39, 0.29) is 17.4 Å². The minimum absolute atomic E-state index is 0.0596. The van der Waals surface area contributed by atoms with Crippen molar-refractivity contribution < 1.29 is 13.5 Å². The fraction of sp³-hybridized carbons (Fsp3) is 0.333. The van der Waals surface area contributed by atoms with Gasteiger partial charge in [-0.25, -0.2) is 13.1 Å². The van der Waals surface area contributed by atoms with Crippen molar-refractivity contribution in [3.05, 3.63) is 64.7 Å². The van der Waals surface area contributed by atoms with Gasteiger partial charge in [0.15, 0.2) is 0 Å². The lowest BCUT2D eigenvalue weighted by molar-refractivity contribution is 0.0185. The number of hydrogen-bond acceptors (Lipinski definition) is 3. The molecule has 1 atom stereocenters. The van der Waals surface area contributed by atoms with Crippen LogP contribution in [-0.4, -0.2) is 20.1 Å². The molecule has 0 unspecified atom stereocenters. The maximum atomic E-state index is 12.6. The number of benzene rings is 2. The van der Waals surface area contributed by atoms with Gasteiger partial charge in [0, 0.05) is 11.6 Å². The largest absolute Gasteiger partial charge is 0.383 e. The summed E-state index contributed by atoms with van der Waals surface area (Å²) in [7, 11) is -3.75. The van der Waals surface area contributed by atoms with E-state index in [2.05, 4.69) is 4.72 Å². The van der Waals surface area contributed by atoms with Crippen LogP contribution in [0.4, 0.5) is 0 Å². The fourth-order valence-electron chi connectivity index (χ4n) is 2.93. The molecule has 0 saturated heterocycles. The van der Waals surface area contributed by atoms with Crippen molar-refractivity contribution in [2.24, 2.45) is 5.92 Å². The number of aliphatic hydroxyl groups is 1. The molecule has 0 amide bonds. The van der Waals surface area contributed by atoms with E-state index in [1.54, 1.807) is 19.1 Å². The van der Waals surface area contributed by atoms with Crippen molar-refractivity contribution in [3.8, 4) is 0 Å². The molecule has 24 heavy (non-hydrogen) atoms. The molecular formula is C18H20ClNO3S. The second-order valence-corrected chi connectivity index (χ2v) is 8.39. The quantitative estimate of drug-likeness (QED) is 0.825. The summed E-state index contributed by atoms with van der Waals surface area (Å²) in [6.07, 6.45) is 1.78. The second kappa shape index (κ2) is 6.48. The van der Waals surface area contributed by atoms with E-state index in [9.17, 15) is 13.5 Å². The van der Waals surface area contributed by atoms with Gasteiger partial charge in [-0.1, -0.05) is 48.0 Å². The molecular weight excluding hydrogens is 346 g/mol. The Bertz CT molecular complexity index is 835. The van der Waals surface area contributed by atoms with Crippen molar-refractivity contribution in [3.63, 3.8) is 0 Å². The van der Waals surface area contributed by atoms with Crippen LogP contribution in [0, 0.1) is 12.8 Å². The molecule has 0 aliphatic heterocycles. The monoisotopic (exact) mass is 365 g/mol. The van der Waals surface area contributed by atoms with Crippen LogP contribution in [0.2, 0.25) is 5.02 Å². The lowest BCUT2D eigenvalue weighted by Gasteiger charge is -2.29. The second-order valence-electron chi connectivity index (χ2n) is 6.25. The minimum atomic E-state index is -3.75. The average Bonchev–Trinajstić information content (AvgIpc) is 3.41. The molecule has 128 valence electrons. The van der Waals surface area contributed by atoms with Gasteiger partial charge in [0.05, 0.1) is 4.90 Å². The summed E-state index contributed by atoms with van der Waals surface area (Å²) in [6.45, 7) is 1.61. The molecule has 1 aliphatic carbocycles. The number of sulfonamides is 1. The first-order chi connectivity index (χ1) is 11.3. The van der Waals surface area contributed by atoms with Gasteiger partial charge < -0.3 is 5.11 Å². The van der Waals surface area contributed by atoms with Crippen LogP contribution in [0.15, 0.2) is 53.4 Å². The first-order valence-electron chi connectivity index (χ1n) is 7.87. The highest BCUT2D eigenvalue weighted by Crippen LogP contribution is 2.45. The highest BCUT2D eigenvalue weighted by atomic mass is 35.5. The summed E-state index contributed by atoms with van der Waals surface area (Å²) in [5, 5.41) is 11.5. The molecule has 1 saturated carbocycles. The summed E-state index contributed by atoms with van der Waals surface area (Å²) in [6, 6.07) is 14.0. The SMILES string of the molecule is Cc1c(Cl)cccc1S(=O)(=O)NC[C@@](O)(c1ccccc1)C1CC1. The van der Waals surface area contributed by atoms with Gasteiger partial charge in [0.1, 0.15) is 5.60 Å². The Labute approximate surface area is 147 Å². The van der Waals surface area contributed by atoms with Gasteiger partial charge >= 0.3 is 0 Å². The maximum absolute atomic E-state index is 12.6. The third-order valence-corrected chi connectivity index (χ3v) is 6.52. The lowest BCUT2D eigenvalue weighted by Crippen LogP contribution is -2.42. The third-order valence-electron chi connectivity index (χ3n) is 4.57. The zero-order valence-corrected chi connectivity index (χ0v) is 14.9. The van der Waals surface area contributed by atoms with Crippen LogP contribution in [-0.2, 0) is 15.6 Å². The molecule has 1 aliphatic rings. The molecule has 0 aromatic heterocycles. The van der Waals surface area contributed by atoms with Crippen molar-refractivity contribution in [1.82, 2.24) is 4.72 Å². The zero-order chi connectivity index (χ0) is 17.4. The van der Waals surface area contributed by atoms with Gasteiger partial charge in [0.25, 0.3) is 0 Å². The highest BCUT2D eigenvalue weighted by Gasteiger charge is 2.45. The van der Waals surface area contributed by atoms with Crippen molar-refractivity contribution in [1.29, 1.82) is 0 Å². The molecule has 2 aromatic carbocycles. The normalized spacial score (nSPS) is 17.5. The Morgan fingerprint density at radius 2 is 1.83 bits per heavy atom. The van der Waals surface area contributed by atoms with E-state index in [0.29, 0.717) is 10.6 Å². The third kappa shape index (κ3) is 3.35. The summed E-state index contributed by atoms with van der Waals surface area (Å²) >= 11 is 6.02. The minimum Gasteiger partial charge on any atom is -0.383 e. The Morgan fingerprint density at radius 3 is 2.46 bits per heavy atom. The number of nitrogens with one attached hydrogen (secondary N) is 1. The molecule has 0 spiro atoms. The zero-order valence-electron chi connectivity index (χ0n) is 13.4. The molecule has 2 N–H and O–H groups in total. The van der Waals surface area contributed by atoms with E-state index < -0.39 is 15.6 Å². The van der Waals surface area contributed by atoms with E-state index >= 15 is 0 Å². The first-order valence-corrected chi connectivity index (χ1v) is 9.73. The fourth-order valence-corrected chi connectivity index (χ4v) is 4.50.